The van der Waals surface area contributed by atoms with Gasteiger partial charge >= 0.3 is 0 Å². The van der Waals surface area contributed by atoms with Crippen LogP contribution in [-0.4, -0.2) is 11.6 Å². The third-order valence-corrected chi connectivity index (χ3v) is 4.94. The Labute approximate surface area is 119 Å². The molecule has 1 aromatic carbocycles. The van der Waals surface area contributed by atoms with Crippen molar-refractivity contribution < 1.29 is 4.79 Å². The number of anilines is 1. The summed E-state index contributed by atoms with van der Waals surface area (Å²) in [6.07, 6.45) is 7.01. The topological polar surface area (TPSA) is 32.7 Å². The Balaban J connectivity index is 1.63. The van der Waals surface area contributed by atoms with Crippen molar-refractivity contribution in [1.29, 1.82) is 0 Å². The molecule has 1 heterocycles. The van der Waals surface area contributed by atoms with Gasteiger partial charge in [-0.05, 0) is 49.7 Å². The van der Waals surface area contributed by atoms with Crippen molar-refractivity contribution in [3.05, 3.63) is 42.5 Å². The summed E-state index contributed by atoms with van der Waals surface area (Å²) in [5, 5.41) is 6.12. The van der Waals surface area contributed by atoms with Gasteiger partial charge in [0.2, 0.25) is 0 Å². The molecule has 1 saturated carbocycles. The molecule has 1 aromatic rings. The molecule has 4 unspecified atom stereocenters. The molecular weight excluding hydrogens is 248 g/mol. The first kappa shape index (κ1) is 11.9. The van der Waals surface area contributed by atoms with E-state index in [1.165, 1.54) is 6.42 Å². The van der Waals surface area contributed by atoms with E-state index in [9.17, 15) is 4.79 Å². The zero-order valence-corrected chi connectivity index (χ0v) is 11.6. The molecule has 102 valence electrons. The second-order valence-electron chi connectivity index (χ2n) is 6.15. The lowest BCUT2D eigenvalue weighted by Gasteiger charge is -2.24. The SMILES string of the molecule is CC1=NN(c2ccccc2)C(=O)C1C1CC2C=CC1C2. The van der Waals surface area contributed by atoms with Crippen molar-refractivity contribution >= 4 is 17.3 Å². The molecule has 1 fully saturated rings. The van der Waals surface area contributed by atoms with Gasteiger partial charge in [-0.2, -0.15) is 5.10 Å². The summed E-state index contributed by atoms with van der Waals surface area (Å²) < 4.78 is 0. The van der Waals surface area contributed by atoms with Crippen molar-refractivity contribution in [3.8, 4) is 0 Å². The minimum Gasteiger partial charge on any atom is -0.272 e. The molecule has 20 heavy (non-hydrogen) atoms. The summed E-state index contributed by atoms with van der Waals surface area (Å²) in [7, 11) is 0. The average molecular weight is 266 g/mol. The summed E-state index contributed by atoms with van der Waals surface area (Å²) in [4.78, 5) is 12.8. The highest BCUT2D eigenvalue weighted by atomic mass is 16.2. The van der Waals surface area contributed by atoms with Gasteiger partial charge in [-0.1, -0.05) is 30.4 Å². The summed E-state index contributed by atoms with van der Waals surface area (Å²) in [5.41, 5.74) is 1.85. The lowest BCUT2D eigenvalue weighted by molar-refractivity contribution is -0.121. The smallest absolute Gasteiger partial charge is 0.256 e. The number of benzene rings is 1. The highest BCUT2D eigenvalue weighted by molar-refractivity contribution is 6.15. The molecule has 0 aromatic heterocycles. The van der Waals surface area contributed by atoms with E-state index < -0.39 is 0 Å². The highest BCUT2D eigenvalue weighted by Gasteiger charge is 2.47. The molecule has 3 nitrogen and oxygen atoms in total. The van der Waals surface area contributed by atoms with Crippen LogP contribution in [0.25, 0.3) is 0 Å². The zero-order chi connectivity index (χ0) is 13.7. The molecule has 3 aliphatic rings. The highest BCUT2D eigenvalue weighted by Crippen LogP contribution is 2.48. The van der Waals surface area contributed by atoms with Crippen LogP contribution < -0.4 is 5.01 Å². The molecular formula is C17H18N2O. The number of rotatable bonds is 2. The summed E-state index contributed by atoms with van der Waals surface area (Å²) in [6, 6.07) is 9.73. The van der Waals surface area contributed by atoms with Crippen LogP contribution in [0, 0.1) is 23.7 Å². The van der Waals surface area contributed by atoms with Gasteiger partial charge in [-0.25, -0.2) is 5.01 Å². The largest absolute Gasteiger partial charge is 0.272 e. The van der Waals surface area contributed by atoms with Gasteiger partial charge in [0.25, 0.3) is 5.91 Å². The van der Waals surface area contributed by atoms with Gasteiger partial charge in [0.05, 0.1) is 11.6 Å². The second kappa shape index (κ2) is 4.30. The number of carbonyl (C=O) groups excluding carboxylic acids is 1. The maximum Gasteiger partial charge on any atom is 0.256 e. The van der Waals surface area contributed by atoms with Crippen LogP contribution in [0.4, 0.5) is 5.69 Å². The quantitative estimate of drug-likeness (QED) is 0.756. The van der Waals surface area contributed by atoms with Crippen molar-refractivity contribution in [3.63, 3.8) is 0 Å². The number of para-hydroxylation sites is 1. The first-order valence-electron chi connectivity index (χ1n) is 7.36. The van der Waals surface area contributed by atoms with E-state index in [1.807, 2.05) is 37.3 Å². The van der Waals surface area contributed by atoms with Crippen molar-refractivity contribution in [1.82, 2.24) is 0 Å². The number of nitrogens with zero attached hydrogens (tertiary/aromatic N) is 2. The van der Waals surface area contributed by atoms with E-state index in [-0.39, 0.29) is 11.8 Å². The number of hydrogen-bond donors (Lipinski definition) is 0. The van der Waals surface area contributed by atoms with Crippen LogP contribution >= 0.6 is 0 Å². The predicted molar refractivity (Wildman–Crippen MR) is 79.4 cm³/mol. The standard InChI is InChI=1S/C17H18N2O/c1-11-16(15-10-12-7-8-13(15)9-12)17(20)19(18-11)14-5-3-2-4-6-14/h2-8,12-13,15-16H,9-10H2,1H3. The van der Waals surface area contributed by atoms with Crippen LogP contribution in [0.3, 0.4) is 0 Å². The Morgan fingerprint density at radius 2 is 1.95 bits per heavy atom. The fraction of sp³-hybridized carbons (Fsp3) is 0.412. The van der Waals surface area contributed by atoms with Crippen LogP contribution in [0.1, 0.15) is 19.8 Å². The van der Waals surface area contributed by atoms with E-state index >= 15 is 0 Å². The van der Waals surface area contributed by atoms with Gasteiger partial charge < -0.3 is 0 Å². The molecule has 1 amide bonds. The molecule has 2 bridgehead atoms. The van der Waals surface area contributed by atoms with Crippen molar-refractivity contribution in [2.24, 2.45) is 28.8 Å². The van der Waals surface area contributed by atoms with Crippen LogP contribution in [0.5, 0.6) is 0 Å². The lowest BCUT2D eigenvalue weighted by atomic mass is 9.79. The maximum atomic E-state index is 12.8. The fourth-order valence-electron chi connectivity index (χ4n) is 4.03. The van der Waals surface area contributed by atoms with Crippen LogP contribution in [0.2, 0.25) is 0 Å². The Morgan fingerprint density at radius 1 is 1.15 bits per heavy atom. The average Bonchev–Trinajstić information content (AvgIpc) is 3.14. The van der Waals surface area contributed by atoms with Gasteiger partial charge in [0.15, 0.2) is 0 Å². The summed E-state index contributed by atoms with van der Waals surface area (Å²) in [6.45, 7) is 2.00. The molecule has 4 atom stereocenters. The van der Waals surface area contributed by atoms with Crippen LogP contribution in [0.15, 0.2) is 47.6 Å². The maximum absolute atomic E-state index is 12.8. The van der Waals surface area contributed by atoms with Gasteiger partial charge in [0, 0.05) is 5.71 Å². The number of hydrogen-bond acceptors (Lipinski definition) is 2. The number of carbonyl (C=O) groups is 1. The van der Waals surface area contributed by atoms with Crippen molar-refractivity contribution in [2.75, 3.05) is 5.01 Å². The molecule has 0 radical (unpaired) electrons. The zero-order valence-electron chi connectivity index (χ0n) is 11.6. The molecule has 0 N–H and O–H groups in total. The molecule has 2 aliphatic carbocycles. The monoisotopic (exact) mass is 266 g/mol. The predicted octanol–water partition coefficient (Wildman–Crippen LogP) is 3.24. The van der Waals surface area contributed by atoms with E-state index in [0.717, 1.165) is 17.8 Å². The number of hydrazone groups is 1. The van der Waals surface area contributed by atoms with E-state index in [4.69, 9.17) is 0 Å². The Kier molecular flexibility index (Phi) is 2.56. The summed E-state index contributed by atoms with van der Waals surface area (Å²) in [5.74, 6) is 1.86. The number of amides is 1. The van der Waals surface area contributed by atoms with Crippen LogP contribution in [-0.2, 0) is 4.79 Å². The van der Waals surface area contributed by atoms with Gasteiger partial charge in [-0.15, -0.1) is 0 Å². The molecule has 4 rings (SSSR count). The number of allylic oxidation sites excluding steroid dienone is 2. The first-order chi connectivity index (χ1) is 9.74. The minimum absolute atomic E-state index is 0.0184. The molecule has 3 heteroatoms. The summed E-state index contributed by atoms with van der Waals surface area (Å²) >= 11 is 0. The molecule has 1 aliphatic heterocycles. The van der Waals surface area contributed by atoms with Gasteiger partial charge in [0.1, 0.15) is 0 Å². The fourth-order valence-corrected chi connectivity index (χ4v) is 4.03. The van der Waals surface area contributed by atoms with E-state index in [2.05, 4.69) is 17.3 Å². The Bertz CT molecular complexity index is 605. The van der Waals surface area contributed by atoms with Crippen molar-refractivity contribution in [2.45, 2.75) is 19.8 Å². The van der Waals surface area contributed by atoms with Gasteiger partial charge in [-0.3, -0.25) is 4.79 Å². The number of fused-ring (bicyclic) bond motifs is 2. The second-order valence-corrected chi connectivity index (χ2v) is 6.15. The Morgan fingerprint density at radius 3 is 2.60 bits per heavy atom. The third kappa shape index (κ3) is 1.65. The van der Waals surface area contributed by atoms with E-state index in [0.29, 0.717) is 17.8 Å². The third-order valence-electron chi connectivity index (χ3n) is 4.94. The van der Waals surface area contributed by atoms with E-state index in [1.54, 1.807) is 5.01 Å². The first-order valence-corrected chi connectivity index (χ1v) is 7.36. The molecule has 0 spiro atoms. The minimum atomic E-state index is -0.0184. The molecule has 0 saturated heterocycles. The lowest BCUT2D eigenvalue weighted by Crippen LogP contribution is -2.34. The Hall–Kier alpha value is -1.90. The normalized spacial score (nSPS) is 35.0.